The zero-order valence-corrected chi connectivity index (χ0v) is 25.6. The van der Waals surface area contributed by atoms with E-state index in [2.05, 4.69) is 0 Å². The third-order valence-electron chi connectivity index (χ3n) is 6.16. The SMILES string of the molecule is CC(=O)OC[C@H]1O[C@@H](O[C@H]2[C@H](OC(C)=O)[C@@H](OC(C)=O)[C@@H](C)O[C@@H]2COC(C)=O)[C@H](OC(C)=O)[C@@H](OC(C)=O)[C@H]1OC(C)=O. The molecule has 0 N–H and O–H groups in total. The molecule has 0 amide bonds. The van der Waals surface area contributed by atoms with Crippen LogP contribution < -0.4 is 0 Å². The zero-order chi connectivity index (χ0) is 33.3. The Kier molecular flexibility index (Phi) is 13.5. The number of hydrogen-bond donors (Lipinski definition) is 0. The van der Waals surface area contributed by atoms with Gasteiger partial charge in [-0.05, 0) is 6.92 Å². The van der Waals surface area contributed by atoms with Crippen molar-refractivity contribution in [3.63, 3.8) is 0 Å². The maximum Gasteiger partial charge on any atom is 0.303 e. The van der Waals surface area contributed by atoms with Crippen LogP contribution in [0.2, 0.25) is 0 Å². The molecule has 0 bridgehead atoms. The maximum atomic E-state index is 12.2. The van der Waals surface area contributed by atoms with Crippen LogP contribution in [0.25, 0.3) is 0 Å². The quantitative estimate of drug-likeness (QED) is 0.210. The van der Waals surface area contributed by atoms with Crippen LogP contribution >= 0.6 is 0 Å². The summed E-state index contributed by atoms with van der Waals surface area (Å²) in [4.78, 5) is 83.8. The van der Waals surface area contributed by atoms with Gasteiger partial charge in [0.15, 0.2) is 36.8 Å². The highest BCUT2D eigenvalue weighted by Crippen LogP contribution is 2.35. The van der Waals surface area contributed by atoms with E-state index >= 15 is 0 Å². The molecule has 248 valence electrons. The van der Waals surface area contributed by atoms with Crippen molar-refractivity contribution in [3.8, 4) is 0 Å². The second-order valence-electron chi connectivity index (χ2n) is 10.00. The number of rotatable bonds is 11. The first kappa shape index (κ1) is 36.4. The molecular formula is C27H38O17. The Morgan fingerprint density at radius 1 is 0.455 bits per heavy atom. The van der Waals surface area contributed by atoms with Crippen molar-refractivity contribution in [1.29, 1.82) is 0 Å². The van der Waals surface area contributed by atoms with Crippen molar-refractivity contribution in [3.05, 3.63) is 0 Å². The van der Waals surface area contributed by atoms with Gasteiger partial charge in [-0.15, -0.1) is 0 Å². The minimum Gasteiger partial charge on any atom is -0.463 e. The molecule has 0 radical (unpaired) electrons. The predicted molar refractivity (Wildman–Crippen MR) is 139 cm³/mol. The fourth-order valence-electron chi connectivity index (χ4n) is 4.73. The van der Waals surface area contributed by atoms with Gasteiger partial charge in [-0.1, -0.05) is 0 Å². The van der Waals surface area contributed by atoms with Crippen molar-refractivity contribution >= 4 is 41.8 Å². The topological polar surface area (TPSA) is 212 Å². The number of carbonyl (C=O) groups excluding carboxylic acids is 7. The number of carbonyl (C=O) groups is 7. The summed E-state index contributed by atoms with van der Waals surface area (Å²) < 4.78 is 55.4. The highest BCUT2D eigenvalue weighted by atomic mass is 16.8. The molecule has 0 aromatic heterocycles. The van der Waals surface area contributed by atoms with Crippen LogP contribution in [0.3, 0.4) is 0 Å². The second-order valence-corrected chi connectivity index (χ2v) is 10.00. The lowest BCUT2D eigenvalue weighted by atomic mass is 9.94. The molecule has 10 atom stereocenters. The van der Waals surface area contributed by atoms with E-state index in [9.17, 15) is 33.6 Å². The van der Waals surface area contributed by atoms with Crippen molar-refractivity contribution < 1.29 is 80.9 Å². The smallest absolute Gasteiger partial charge is 0.303 e. The van der Waals surface area contributed by atoms with Gasteiger partial charge in [0.05, 0.1) is 6.10 Å². The average Bonchev–Trinajstić information content (AvgIpc) is 2.87. The Balaban J connectivity index is 2.66. The lowest BCUT2D eigenvalue weighted by Crippen LogP contribution is -2.66. The van der Waals surface area contributed by atoms with Crippen LogP contribution in [0.4, 0.5) is 0 Å². The molecule has 2 heterocycles. The molecule has 17 nitrogen and oxygen atoms in total. The molecule has 0 aromatic rings. The fourth-order valence-corrected chi connectivity index (χ4v) is 4.73. The van der Waals surface area contributed by atoms with Gasteiger partial charge in [0.2, 0.25) is 0 Å². The summed E-state index contributed by atoms with van der Waals surface area (Å²) >= 11 is 0. The summed E-state index contributed by atoms with van der Waals surface area (Å²) in [6.07, 6.45) is -13.9. The van der Waals surface area contributed by atoms with Gasteiger partial charge in [-0.25, -0.2) is 0 Å². The molecule has 2 aliphatic heterocycles. The van der Waals surface area contributed by atoms with Crippen molar-refractivity contribution in [2.24, 2.45) is 0 Å². The number of ether oxygens (including phenoxy) is 10. The van der Waals surface area contributed by atoms with Crippen LogP contribution in [0.15, 0.2) is 0 Å². The van der Waals surface area contributed by atoms with E-state index in [4.69, 9.17) is 47.4 Å². The van der Waals surface area contributed by atoms with E-state index < -0.39 is 116 Å². The average molecular weight is 635 g/mol. The highest BCUT2D eigenvalue weighted by molar-refractivity contribution is 5.69. The van der Waals surface area contributed by atoms with Crippen molar-refractivity contribution in [2.75, 3.05) is 13.2 Å². The van der Waals surface area contributed by atoms with Crippen molar-refractivity contribution in [1.82, 2.24) is 0 Å². The second kappa shape index (κ2) is 16.3. The van der Waals surface area contributed by atoms with Crippen LogP contribution in [0.1, 0.15) is 55.4 Å². The minimum absolute atomic E-state index is 0.430. The first-order valence-corrected chi connectivity index (χ1v) is 13.6. The third kappa shape index (κ3) is 10.7. The van der Waals surface area contributed by atoms with Crippen LogP contribution in [-0.2, 0) is 80.9 Å². The van der Waals surface area contributed by atoms with Gasteiger partial charge in [0, 0.05) is 48.5 Å². The van der Waals surface area contributed by atoms with E-state index in [0.717, 1.165) is 48.5 Å². The third-order valence-corrected chi connectivity index (χ3v) is 6.16. The molecule has 2 fully saturated rings. The molecule has 0 aromatic carbocycles. The van der Waals surface area contributed by atoms with Crippen molar-refractivity contribution in [2.45, 2.75) is 117 Å². The zero-order valence-electron chi connectivity index (χ0n) is 25.6. The molecule has 0 aliphatic carbocycles. The van der Waals surface area contributed by atoms with E-state index in [0.29, 0.717) is 0 Å². The maximum absolute atomic E-state index is 12.2. The predicted octanol–water partition coefficient (Wildman–Crippen LogP) is -0.331. The van der Waals surface area contributed by atoms with Crippen LogP contribution in [0, 0.1) is 0 Å². The Morgan fingerprint density at radius 2 is 0.818 bits per heavy atom. The van der Waals surface area contributed by atoms with Crippen LogP contribution in [-0.4, -0.2) is 116 Å². The fraction of sp³-hybridized carbons (Fsp3) is 0.741. The number of esters is 7. The lowest BCUT2D eigenvalue weighted by Gasteiger charge is -2.48. The Labute approximate surface area is 252 Å². The molecule has 2 aliphatic rings. The van der Waals surface area contributed by atoms with Gasteiger partial charge >= 0.3 is 41.8 Å². The first-order chi connectivity index (χ1) is 20.5. The van der Waals surface area contributed by atoms with Gasteiger partial charge in [-0.3, -0.25) is 33.6 Å². The molecule has 0 unspecified atom stereocenters. The summed E-state index contributed by atoms with van der Waals surface area (Å²) in [5.74, 6) is -5.54. The van der Waals surface area contributed by atoms with Gasteiger partial charge in [0.25, 0.3) is 0 Å². The van der Waals surface area contributed by atoms with Gasteiger partial charge in [0.1, 0.15) is 31.5 Å². The summed E-state index contributed by atoms with van der Waals surface area (Å²) in [5, 5.41) is 0. The number of hydrogen-bond acceptors (Lipinski definition) is 17. The summed E-state index contributed by atoms with van der Waals surface area (Å²) in [6.45, 7) is 8.20. The molecular weight excluding hydrogens is 596 g/mol. The van der Waals surface area contributed by atoms with E-state index in [1.807, 2.05) is 0 Å². The molecule has 44 heavy (non-hydrogen) atoms. The molecule has 0 spiro atoms. The molecule has 0 saturated carbocycles. The summed E-state index contributed by atoms with van der Waals surface area (Å²) in [5.41, 5.74) is 0. The lowest BCUT2D eigenvalue weighted by molar-refractivity contribution is -0.344. The Morgan fingerprint density at radius 3 is 1.25 bits per heavy atom. The van der Waals surface area contributed by atoms with E-state index in [1.54, 1.807) is 0 Å². The van der Waals surface area contributed by atoms with E-state index in [1.165, 1.54) is 6.92 Å². The largest absolute Gasteiger partial charge is 0.463 e. The highest BCUT2D eigenvalue weighted by Gasteiger charge is 2.56. The normalized spacial score (nSPS) is 31.5. The monoisotopic (exact) mass is 634 g/mol. The standard InChI is InChI=1S/C27H38O17/c1-11-21(38-14(4)30)24(40-16(6)32)23(19(37-11)9-35-12(2)28)44-27-26(42-18(8)34)25(41-17(7)33)22(39-15(5)31)20(43-27)10-36-13(3)29/h11,19-27H,9-10H2,1-8H3/t11-,19-,20-,21+,22+,23-,24-,25+,26-,27+/m1/s1. The minimum atomic E-state index is -1.71. The van der Waals surface area contributed by atoms with Gasteiger partial charge < -0.3 is 47.4 Å². The van der Waals surface area contributed by atoms with E-state index in [-0.39, 0.29) is 0 Å². The molecule has 2 rings (SSSR count). The first-order valence-electron chi connectivity index (χ1n) is 13.6. The Hall–Kier alpha value is -3.83. The molecule has 17 heteroatoms. The summed E-state index contributed by atoms with van der Waals surface area (Å²) in [6, 6.07) is 0. The summed E-state index contributed by atoms with van der Waals surface area (Å²) in [7, 11) is 0. The van der Waals surface area contributed by atoms with Crippen LogP contribution in [0.5, 0.6) is 0 Å². The molecule has 2 saturated heterocycles. The Bertz CT molecular complexity index is 1090. The van der Waals surface area contributed by atoms with Gasteiger partial charge in [-0.2, -0.15) is 0 Å².